The van der Waals surface area contributed by atoms with E-state index in [4.69, 9.17) is 9.47 Å². The molecule has 2 heterocycles. The monoisotopic (exact) mass is 280 g/mol. The van der Waals surface area contributed by atoms with Crippen molar-refractivity contribution in [1.82, 2.24) is 0 Å². The second-order valence-corrected chi connectivity index (χ2v) is 5.43. The highest BCUT2D eigenvalue weighted by Gasteiger charge is 2.22. The molecule has 1 aromatic heterocycles. The predicted octanol–water partition coefficient (Wildman–Crippen LogP) is 4.81. The second kappa shape index (κ2) is 4.69. The Balaban J connectivity index is 1.91. The Morgan fingerprint density at radius 3 is 2.35 bits per heavy atom. The molecular weight excluding hydrogens is 268 g/mol. The Bertz CT molecular complexity index is 747. The molecule has 0 aliphatic carbocycles. The van der Waals surface area contributed by atoms with Gasteiger partial charge in [-0.1, -0.05) is 54.6 Å². The Kier molecular flexibility index (Phi) is 2.71. The highest BCUT2D eigenvalue weighted by Crippen LogP contribution is 2.48. The molecule has 20 heavy (non-hydrogen) atoms. The Morgan fingerprint density at radius 1 is 0.750 bits per heavy atom. The summed E-state index contributed by atoms with van der Waals surface area (Å²) in [6.45, 7) is 0.322. The van der Waals surface area contributed by atoms with Crippen LogP contribution >= 0.6 is 11.3 Å². The third kappa shape index (κ3) is 1.79. The van der Waals surface area contributed by atoms with Crippen molar-refractivity contribution < 1.29 is 9.47 Å². The van der Waals surface area contributed by atoms with Crippen LogP contribution in [0.15, 0.2) is 60.0 Å². The fourth-order valence-electron chi connectivity index (χ4n) is 2.48. The maximum atomic E-state index is 5.60. The lowest BCUT2D eigenvalue weighted by atomic mass is 9.96. The summed E-state index contributed by atoms with van der Waals surface area (Å²) in [7, 11) is 0. The lowest BCUT2D eigenvalue weighted by molar-refractivity contribution is 0.176. The Labute approximate surface area is 121 Å². The van der Waals surface area contributed by atoms with E-state index in [0.29, 0.717) is 6.79 Å². The largest absolute Gasteiger partial charge is 0.452 e. The van der Waals surface area contributed by atoms with Crippen LogP contribution < -0.4 is 9.47 Å². The number of rotatable bonds is 2. The Morgan fingerprint density at radius 2 is 1.50 bits per heavy atom. The summed E-state index contributed by atoms with van der Waals surface area (Å²) < 4.78 is 11.0. The molecule has 0 atom stereocenters. The van der Waals surface area contributed by atoms with E-state index in [0.717, 1.165) is 16.4 Å². The van der Waals surface area contributed by atoms with E-state index < -0.39 is 0 Å². The minimum atomic E-state index is 0.322. The number of ether oxygens (including phenoxy) is 2. The average Bonchev–Trinajstić information content (AvgIpc) is 3.11. The van der Waals surface area contributed by atoms with Crippen molar-refractivity contribution in [3.05, 3.63) is 60.0 Å². The molecular formula is C17H12O2S. The topological polar surface area (TPSA) is 18.5 Å². The van der Waals surface area contributed by atoms with Crippen LogP contribution in [0.25, 0.3) is 22.3 Å². The number of hydrogen-bond donors (Lipinski definition) is 0. The zero-order valence-electron chi connectivity index (χ0n) is 10.7. The average molecular weight is 280 g/mol. The molecule has 0 spiro atoms. The quantitative estimate of drug-likeness (QED) is 0.670. The molecule has 0 saturated carbocycles. The molecule has 0 amide bonds. The molecule has 0 N–H and O–H groups in total. The van der Waals surface area contributed by atoms with Gasteiger partial charge in [0.15, 0.2) is 5.75 Å². The van der Waals surface area contributed by atoms with Gasteiger partial charge in [-0.25, -0.2) is 0 Å². The Hall–Kier alpha value is -2.26. The van der Waals surface area contributed by atoms with E-state index in [2.05, 4.69) is 53.9 Å². The summed E-state index contributed by atoms with van der Waals surface area (Å²) >= 11 is 1.59. The lowest BCUT2D eigenvalue weighted by Crippen LogP contribution is -1.94. The van der Waals surface area contributed by atoms with Crippen LogP contribution in [0.1, 0.15) is 0 Å². The van der Waals surface area contributed by atoms with Gasteiger partial charge in [0.2, 0.25) is 11.9 Å². The van der Waals surface area contributed by atoms with E-state index in [-0.39, 0.29) is 0 Å². The van der Waals surface area contributed by atoms with Crippen LogP contribution in [0.5, 0.6) is 10.8 Å². The van der Waals surface area contributed by atoms with Crippen molar-refractivity contribution in [1.29, 1.82) is 0 Å². The maximum Gasteiger partial charge on any atom is 0.232 e. The molecule has 3 aromatic rings. The fourth-order valence-corrected chi connectivity index (χ4v) is 3.33. The highest BCUT2D eigenvalue weighted by atomic mass is 32.1. The van der Waals surface area contributed by atoms with E-state index in [1.54, 1.807) is 11.3 Å². The molecule has 2 nitrogen and oxygen atoms in total. The first-order valence-corrected chi connectivity index (χ1v) is 7.33. The molecule has 0 saturated heterocycles. The molecule has 4 rings (SSSR count). The zero-order valence-corrected chi connectivity index (χ0v) is 11.5. The first-order chi connectivity index (χ1) is 9.93. The molecule has 1 aliphatic rings. The number of thiophene rings is 1. The van der Waals surface area contributed by atoms with Gasteiger partial charge < -0.3 is 9.47 Å². The van der Waals surface area contributed by atoms with Crippen molar-refractivity contribution in [2.45, 2.75) is 0 Å². The number of hydrogen-bond acceptors (Lipinski definition) is 3. The van der Waals surface area contributed by atoms with Crippen molar-refractivity contribution in [2.75, 3.05) is 6.79 Å². The van der Waals surface area contributed by atoms with E-state index in [1.807, 2.05) is 6.07 Å². The molecule has 0 fully saturated rings. The van der Waals surface area contributed by atoms with Gasteiger partial charge >= 0.3 is 0 Å². The lowest BCUT2D eigenvalue weighted by Gasteiger charge is -2.09. The van der Waals surface area contributed by atoms with Crippen LogP contribution in [0.2, 0.25) is 0 Å². The van der Waals surface area contributed by atoms with Crippen molar-refractivity contribution in [2.24, 2.45) is 0 Å². The molecule has 0 unspecified atom stereocenters. The number of benzene rings is 2. The standard InChI is InChI=1S/C17H12O2S/c1-2-6-12(7-3-1)13-8-4-5-9-14(13)15-10-20-17-16(15)18-11-19-17/h1-10H,11H2. The second-order valence-electron chi connectivity index (χ2n) is 4.58. The zero-order chi connectivity index (χ0) is 13.4. The molecule has 2 aromatic carbocycles. The third-order valence-electron chi connectivity index (χ3n) is 3.41. The van der Waals surface area contributed by atoms with Gasteiger partial charge in [0.25, 0.3) is 0 Å². The summed E-state index contributed by atoms with van der Waals surface area (Å²) in [5, 5.41) is 2.98. The summed E-state index contributed by atoms with van der Waals surface area (Å²) in [6, 6.07) is 18.8. The molecule has 1 aliphatic heterocycles. The SMILES string of the molecule is c1ccc(-c2ccccc2-c2csc3c2OCO3)cc1. The van der Waals surface area contributed by atoms with Crippen molar-refractivity contribution in [3.8, 4) is 33.1 Å². The van der Waals surface area contributed by atoms with Crippen LogP contribution in [0.3, 0.4) is 0 Å². The van der Waals surface area contributed by atoms with Gasteiger partial charge in [-0.3, -0.25) is 0 Å². The summed E-state index contributed by atoms with van der Waals surface area (Å²) in [5.74, 6) is 0.874. The first kappa shape index (κ1) is 11.6. The van der Waals surface area contributed by atoms with Gasteiger partial charge in [0, 0.05) is 10.9 Å². The summed E-state index contributed by atoms with van der Waals surface area (Å²) in [5.41, 5.74) is 4.72. The normalized spacial score (nSPS) is 12.6. The first-order valence-electron chi connectivity index (χ1n) is 6.45. The third-order valence-corrected chi connectivity index (χ3v) is 4.28. The molecule has 98 valence electrons. The minimum Gasteiger partial charge on any atom is -0.452 e. The molecule has 0 bridgehead atoms. The van der Waals surface area contributed by atoms with Crippen LogP contribution in [-0.4, -0.2) is 6.79 Å². The molecule has 0 radical (unpaired) electrons. The summed E-state index contributed by atoms with van der Waals surface area (Å²) in [4.78, 5) is 0. The van der Waals surface area contributed by atoms with E-state index >= 15 is 0 Å². The molecule has 3 heteroatoms. The van der Waals surface area contributed by atoms with Gasteiger partial charge in [-0.2, -0.15) is 0 Å². The van der Waals surface area contributed by atoms with Crippen LogP contribution in [0, 0.1) is 0 Å². The van der Waals surface area contributed by atoms with Gasteiger partial charge in [-0.15, -0.1) is 11.3 Å². The smallest absolute Gasteiger partial charge is 0.232 e. The van der Waals surface area contributed by atoms with E-state index in [1.165, 1.54) is 16.7 Å². The predicted molar refractivity (Wildman–Crippen MR) is 81.3 cm³/mol. The number of fused-ring (bicyclic) bond motifs is 1. The van der Waals surface area contributed by atoms with Gasteiger partial charge in [0.05, 0.1) is 0 Å². The maximum absolute atomic E-state index is 5.60. The summed E-state index contributed by atoms with van der Waals surface area (Å²) in [6.07, 6.45) is 0. The van der Waals surface area contributed by atoms with Gasteiger partial charge in [-0.05, 0) is 16.7 Å². The van der Waals surface area contributed by atoms with Crippen LogP contribution in [-0.2, 0) is 0 Å². The highest BCUT2D eigenvalue weighted by molar-refractivity contribution is 7.12. The van der Waals surface area contributed by atoms with Crippen molar-refractivity contribution >= 4 is 11.3 Å². The van der Waals surface area contributed by atoms with Crippen molar-refractivity contribution in [3.63, 3.8) is 0 Å². The fraction of sp³-hybridized carbons (Fsp3) is 0.0588. The van der Waals surface area contributed by atoms with Gasteiger partial charge in [0.1, 0.15) is 0 Å². The van der Waals surface area contributed by atoms with Crippen LogP contribution in [0.4, 0.5) is 0 Å². The minimum absolute atomic E-state index is 0.322. The van der Waals surface area contributed by atoms with E-state index in [9.17, 15) is 0 Å².